The van der Waals surface area contributed by atoms with Crippen molar-refractivity contribution in [3.8, 4) is 11.1 Å². The Bertz CT molecular complexity index is 951. The Morgan fingerprint density at radius 2 is 1.79 bits per heavy atom. The average Bonchev–Trinajstić information content (AvgIpc) is 2.80. The minimum absolute atomic E-state index is 0.0264. The second-order valence-corrected chi connectivity index (χ2v) is 7.26. The van der Waals surface area contributed by atoms with Crippen molar-refractivity contribution in [2.75, 3.05) is 18.0 Å². The third-order valence-corrected chi connectivity index (χ3v) is 5.38. The molecule has 6 nitrogen and oxygen atoms in total. The molecule has 3 N–H and O–H groups in total. The Hall–Kier alpha value is -3.25. The van der Waals surface area contributed by atoms with E-state index in [0.717, 1.165) is 48.4 Å². The number of benzene rings is 2. The molecule has 2 aromatic carbocycles. The van der Waals surface area contributed by atoms with Gasteiger partial charge in [0.05, 0.1) is 0 Å². The van der Waals surface area contributed by atoms with E-state index >= 15 is 0 Å². The quantitative estimate of drug-likeness (QED) is 0.703. The van der Waals surface area contributed by atoms with Gasteiger partial charge >= 0.3 is 0 Å². The van der Waals surface area contributed by atoms with E-state index in [-0.39, 0.29) is 11.9 Å². The molecule has 0 unspecified atom stereocenters. The summed E-state index contributed by atoms with van der Waals surface area (Å²) in [5.74, 6) is 0.866. The molecule has 1 aliphatic heterocycles. The molecular formula is C23H25N5O. The number of carbonyl (C=O) groups is 1. The first-order chi connectivity index (χ1) is 14.2. The molecule has 0 bridgehead atoms. The highest BCUT2D eigenvalue weighted by molar-refractivity contribution is 6.01. The second kappa shape index (κ2) is 8.84. The molecule has 1 aromatic heterocycles. The predicted octanol–water partition coefficient (Wildman–Crippen LogP) is 3.00. The molecule has 1 fully saturated rings. The van der Waals surface area contributed by atoms with Gasteiger partial charge in [-0.05, 0) is 47.7 Å². The standard InChI is InChI=1S/C23H25N5O/c24-16-17-7-9-18(10-8-17)20-4-1-2-5-21(20)23(29)26-19-11-14-28(15-12-19)22-6-3-13-25-27-22/h1-10,13,19H,11-12,14-16,24H2,(H,26,29). The average molecular weight is 387 g/mol. The molecule has 1 aliphatic rings. The Morgan fingerprint density at radius 3 is 2.48 bits per heavy atom. The van der Waals surface area contributed by atoms with Crippen LogP contribution in [0.25, 0.3) is 11.1 Å². The number of amides is 1. The van der Waals surface area contributed by atoms with E-state index in [1.54, 1.807) is 6.20 Å². The summed E-state index contributed by atoms with van der Waals surface area (Å²) < 4.78 is 0. The van der Waals surface area contributed by atoms with Gasteiger partial charge in [0.1, 0.15) is 0 Å². The number of piperidine rings is 1. The number of nitrogens with two attached hydrogens (primary N) is 1. The summed E-state index contributed by atoms with van der Waals surface area (Å²) in [4.78, 5) is 15.2. The van der Waals surface area contributed by atoms with Crippen LogP contribution in [-0.4, -0.2) is 35.2 Å². The van der Waals surface area contributed by atoms with Crippen LogP contribution in [-0.2, 0) is 6.54 Å². The van der Waals surface area contributed by atoms with Gasteiger partial charge < -0.3 is 16.0 Å². The van der Waals surface area contributed by atoms with Crippen LogP contribution in [0.2, 0.25) is 0 Å². The van der Waals surface area contributed by atoms with Crippen molar-refractivity contribution < 1.29 is 4.79 Å². The molecule has 4 rings (SSSR count). The molecule has 0 aliphatic carbocycles. The fourth-order valence-electron chi connectivity index (χ4n) is 3.73. The minimum atomic E-state index is -0.0264. The third kappa shape index (κ3) is 4.43. The van der Waals surface area contributed by atoms with Crippen molar-refractivity contribution >= 4 is 11.7 Å². The molecule has 0 spiro atoms. The van der Waals surface area contributed by atoms with E-state index in [1.807, 2.05) is 60.7 Å². The van der Waals surface area contributed by atoms with Crippen LogP contribution in [0.15, 0.2) is 66.9 Å². The van der Waals surface area contributed by atoms with E-state index in [1.165, 1.54) is 0 Å². The molecular weight excluding hydrogens is 362 g/mol. The van der Waals surface area contributed by atoms with E-state index in [2.05, 4.69) is 20.4 Å². The third-order valence-electron chi connectivity index (χ3n) is 5.38. The van der Waals surface area contributed by atoms with E-state index in [9.17, 15) is 4.79 Å². The molecule has 0 saturated carbocycles. The van der Waals surface area contributed by atoms with Gasteiger partial charge in [0, 0.05) is 37.4 Å². The number of rotatable bonds is 5. The lowest BCUT2D eigenvalue weighted by atomic mass is 9.97. The summed E-state index contributed by atoms with van der Waals surface area (Å²) in [6.45, 7) is 2.22. The molecule has 0 radical (unpaired) electrons. The Labute approximate surface area is 170 Å². The monoisotopic (exact) mass is 387 g/mol. The fraction of sp³-hybridized carbons (Fsp3) is 0.261. The number of anilines is 1. The molecule has 1 amide bonds. The van der Waals surface area contributed by atoms with Crippen molar-refractivity contribution in [1.29, 1.82) is 0 Å². The van der Waals surface area contributed by atoms with Gasteiger partial charge in [0.25, 0.3) is 5.91 Å². The highest BCUT2D eigenvalue weighted by Crippen LogP contribution is 2.25. The topological polar surface area (TPSA) is 84.1 Å². The van der Waals surface area contributed by atoms with E-state index < -0.39 is 0 Å². The van der Waals surface area contributed by atoms with Crippen LogP contribution in [0.3, 0.4) is 0 Å². The maximum absolute atomic E-state index is 13.0. The largest absolute Gasteiger partial charge is 0.355 e. The number of aromatic nitrogens is 2. The Morgan fingerprint density at radius 1 is 1.03 bits per heavy atom. The van der Waals surface area contributed by atoms with Gasteiger partial charge in [0.2, 0.25) is 0 Å². The molecule has 1 saturated heterocycles. The minimum Gasteiger partial charge on any atom is -0.355 e. The molecule has 2 heterocycles. The van der Waals surface area contributed by atoms with Crippen molar-refractivity contribution in [3.05, 3.63) is 78.0 Å². The fourth-order valence-corrected chi connectivity index (χ4v) is 3.73. The summed E-state index contributed by atoms with van der Waals surface area (Å²) in [5.41, 5.74) is 9.42. The predicted molar refractivity (Wildman–Crippen MR) is 115 cm³/mol. The van der Waals surface area contributed by atoms with Crippen LogP contribution in [0, 0.1) is 0 Å². The lowest BCUT2D eigenvalue weighted by molar-refractivity contribution is 0.0931. The van der Waals surface area contributed by atoms with Crippen molar-refractivity contribution in [2.45, 2.75) is 25.4 Å². The van der Waals surface area contributed by atoms with Crippen LogP contribution >= 0.6 is 0 Å². The van der Waals surface area contributed by atoms with Gasteiger partial charge in [-0.2, -0.15) is 5.10 Å². The Balaban J connectivity index is 1.43. The smallest absolute Gasteiger partial charge is 0.252 e. The maximum Gasteiger partial charge on any atom is 0.252 e. The number of nitrogens with one attached hydrogen (secondary N) is 1. The molecule has 148 valence electrons. The van der Waals surface area contributed by atoms with Crippen molar-refractivity contribution in [3.63, 3.8) is 0 Å². The van der Waals surface area contributed by atoms with Crippen LogP contribution in [0.1, 0.15) is 28.8 Å². The van der Waals surface area contributed by atoms with Crippen LogP contribution in [0.4, 0.5) is 5.82 Å². The van der Waals surface area contributed by atoms with Crippen LogP contribution in [0.5, 0.6) is 0 Å². The van der Waals surface area contributed by atoms with Gasteiger partial charge in [-0.15, -0.1) is 5.10 Å². The Kier molecular flexibility index (Phi) is 5.81. The zero-order valence-electron chi connectivity index (χ0n) is 16.3. The SMILES string of the molecule is NCc1ccc(-c2ccccc2C(=O)NC2CCN(c3cccnn3)CC2)cc1. The van der Waals surface area contributed by atoms with Gasteiger partial charge in [0.15, 0.2) is 5.82 Å². The number of nitrogens with zero attached hydrogens (tertiary/aromatic N) is 3. The number of carbonyl (C=O) groups excluding carboxylic acids is 1. The lowest BCUT2D eigenvalue weighted by Crippen LogP contribution is -2.45. The summed E-state index contributed by atoms with van der Waals surface area (Å²) in [7, 11) is 0. The summed E-state index contributed by atoms with van der Waals surface area (Å²) in [6.07, 6.45) is 3.45. The molecule has 0 atom stereocenters. The molecule has 29 heavy (non-hydrogen) atoms. The van der Waals surface area contributed by atoms with E-state index in [4.69, 9.17) is 5.73 Å². The van der Waals surface area contributed by atoms with Gasteiger partial charge in [-0.3, -0.25) is 4.79 Å². The van der Waals surface area contributed by atoms with E-state index in [0.29, 0.717) is 12.1 Å². The summed E-state index contributed by atoms with van der Waals surface area (Å²) in [6, 6.07) is 19.8. The first kappa shape index (κ1) is 19.1. The van der Waals surface area contributed by atoms with Crippen molar-refractivity contribution in [1.82, 2.24) is 15.5 Å². The molecule has 6 heteroatoms. The number of hydrogen-bond acceptors (Lipinski definition) is 5. The highest BCUT2D eigenvalue weighted by atomic mass is 16.1. The zero-order valence-corrected chi connectivity index (χ0v) is 16.3. The summed E-state index contributed by atoms with van der Waals surface area (Å²) in [5, 5.41) is 11.3. The number of hydrogen-bond donors (Lipinski definition) is 2. The first-order valence-electron chi connectivity index (χ1n) is 9.96. The lowest BCUT2D eigenvalue weighted by Gasteiger charge is -2.32. The first-order valence-corrected chi connectivity index (χ1v) is 9.96. The zero-order chi connectivity index (χ0) is 20.1. The van der Waals surface area contributed by atoms with Gasteiger partial charge in [-0.25, -0.2) is 0 Å². The van der Waals surface area contributed by atoms with Crippen LogP contribution < -0.4 is 16.0 Å². The normalized spacial score (nSPS) is 14.6. The van der Waals surface area contributed by atoms with Crippen molar-refractivity contribution in [2.24, 2.45) is 5.73 Å². The maximum atomic E-state index is 13.0. The second-order valence-electron chi connectivity index (χ2n) is 7.26. The summed E-state index contributed by atoms with van der Waals surface area (Å²) >= 11 is 0. The van der Waals surface area contributed by atoms with Gasteiger partial charge in [-0.1, -0.05) is 42.5 Å². The highest BCUT2D eigenvalue weighted by Gasteiger charge is 2.23. The molecule has 3 aromatic rings.